The standard InChI is InChI=1S/C31H29ClN2O3/c1-22(23-8-4-2-5-9-23)33-30(36)31(25-10-6-3-7-11-25)18-20-34(21-19-31)29(35)28-17-16-27(37-28)24-12-14-26(32)15-13-24/h2-17,22H,18-21H2,1H3,(H,33,36)/t22-/m0/s1. The van der Waals surface area contributed by atoms with E-state index in [0.29, 0.717) is 42.5 Å². The monoisotopic (exact) mass is 512 g/mol. The molecule has 188 valence electrons. The van der Waals surface area contributed by atoms with E-state index in [4.69, 9.17) is 16.0 Å². The quantitative estimate of drug-likeness (QED) is 0.314. The van der Waals surface area contributed by atoms with Gasteiger partial charge in [0.1, 0.15) is 5.76 Å². The van der Waals surface area contributed by atoms with Gasteiger partial charge in [0.2, 0.25) is 5.91 Å². The van der Waals surface area contributed by atoms with Crippen LogP contribution >= 0.6 is 11.6 Å². The summed E-state index contributed by atoms with van der Waals surface area (Å²) in [6.45, 7) is 2.91. The summed E-state index contributed by atoms with van der Waals surface area (Å²) in [5.74, 6) is 0.731. The van der Waals surface area contributed by atoms with E-state index in [1.807, 2.05) is 79.7 Å². The predicted octanol–water partition coefficient (Wildman–Crippen LogP) is 6.65. The van der Waals surface area contributed by atoms with Crippen LogP contribution in [-0.2, 0) is 10.2 Å². The molecule has 1 aliphatic rings. The van der Waals surface area contributed by atoms with Crippen molar-refractivity contribution in [2.75, 3.05) is 13.1 Å². The number of nitrogens with one attached hydrogen (secondary N) is 1. The van der Waals surface area contributed by atoms with E-state index in [1.165, 1.54) is 0 Å². The van der Waals surface area contributed by atoms with E-state index in [0.717, 1.165) is 16.7 Å². The first-order valence-electron chi connectivity index (χ1n) is 12.5. The molecule has 0 aliphatic carbocycles. The van der Waals surface area contributed by atoms with Gasteiger partial charge in [0, 0.05) is 23.7 Å². The van der Waals surface area contributed by atoms with Gasteiger partial charge in [-0.25, -0.2) is 0 Å². The highest BCUT2D eigenvalue weighted by Gasteiger charge is 2.44. The number of furan rings is 1. The van der Waals surface area contributed by atoms with Crippen LogP contribution in [0.5, 0.6) is 0 Å². The molecule has 4 aromatic rings. The lowest BCUT2D eigenvalue weighted by Gasteiger charge is -2.41. The second-order valence-electron chi connectivity index (χ2n) is 9.52. The fourth-order valence-corrected chi connectivity index (χ4v) is 5.16. The molecule has 5 nitrogen and oxygen atoms in total. The fraction of sp³-hybridized carbons (Fsp3) is 0.226. The number of carbonyl (C=O) groups is 2. The van der Waals surface area contributed by atoms with Gasteiger partial charge < -0.3 is 14.6 Å². The minimum Gasteiger partial charge on any atom is -0.451 e. The summed E-state index contributed by atoms with van der Waals surface area (Å²) in [6.07, 6.45) is 1.06. The van der Waals surface area contributed by atoms with Gasteiger partial charge in [-0.3, -0.25) is 9.59 Å². The summed E-state index contributed by atoms with van der Waals surface area (Å²) in [6, 6.07) is 30.5. The summed E-state index contributed by atoms with van der Waals surface area (Å²) < 4.78 is 5.90. The number of piperidine rings is 1. The van der Waals surface area contributed by atoms with Crippen LogP contribution < -0.4 is 5.32 Å². The summed E-state index contributed by atoms with van der Waals surface area (Å²) in [4.78, 5) is 28.9. The minimum absolute atomic E-state index is 0.00910. The predicted molar refractivity (Wildman–Crippen MR) is 145 cm³/mol. The van der Waals surface area contributed by atoms with Crippen LogP contribution in [-0.4, -0.2) is 29.8 Å². The molecule has 1 N–H and O–H groups in total. The van der Waals surface area contributed by atoms with Crippen LogP contribution in [0.4, 0.5) is 0 Å². The zero-order chi connectivity index (χ0) is 25.8. The Hall–Kier alpha value is -3.83. The molecule has 37 heavy (non-hydrogen) atoms. The van der Waals surface area contributed by atoms with Gasteiger partial charge in [-0.15, -0.1) is 0 Å². The van der Waals surface area contributed by atoms with Crippen molar-refractivity contribution in [3.05, 3.63) is 119 Å². The average molecular weight is 513 g/mol. The zero-order valence-electron chi connectivity index (χ0n) is 20.7. The Bertz CT molecular complexity index is 1360. The Labute approximate surface area is 222 Å². The van der Waals surface area contributed by atoms with Crippen LogP contribution in [0.25, 0.3) is 11.3 Å². The van der Waals surface area contributed by atoms with Crippen LogP contribution in [0, 0.1) is 0 Å². The lowest BCUT2D eigenvalue weighted by molar-refractivity contribution is -0.129. The number of carbonyl (C=O) groups excluding carboxylic acids is 2. The molecule has 0 unspecified atom stereocenters. The molecule has 1 fully saturated rings. The van der Waals surface area contributed by atoms with E-state index in [9.17, 15) is 9.59 Å². The molecule has 2 heterocycles. The highest BCUT2D eigenvalue weighted by molar-refractivity contribution is 6.30. The number of hydrogen-bond donors (Lipinski definition) is 1. The minimum atomic E-state index is -0.710. The lowest BCUT2D eigenvalue weighted by Crippen LogP contribution is -2.53. The first-order chi connectivity index (χ1) is 18.0. The van der Waals surface area contributed by atoms with Gasteiger partial charge in [0.25, 0.3) is 5.91 Å². The van der Waals surface area contributed by atoms with E-state index in [-0.39, 0.29) is 17.9 Å². The van der Waals surface area contributed by atoms with Crippen molar-refractivity contribution >= 4 is 23.4 Å². The van der Waals surface area contributed by atoms with Crippen LogP contribution in [0.15, 0.2) is 101 Å². The van der Waals surface area contributed by atoms with Crippen molar-refractivity contribution in [2.24, 2.45) is 0 Å². The van der Waals surface area contributed by atoms with Gasteiger partial charge in [-0.1, -0.05) is 72.3 Å². The molecule has 5 rings (SSSR count). The molecular formula is C31H29ClN2O3. The Morgan fingerprint density at radius 2 is 1.49 bits per heavy atom. The lowest BCUT2D eigenvalue weighted by atomic mass is 9.71. The van der Waals surface area contributed by atoms with Gasteiger partial charge in [-0.05, 0) is 67.3 Å². The van der Waals surface area contributed by atoms with Gasteiger partial charge in [0.05, 0.1) is 11.5 Å². The fourth-order valence-electron chi connectivity index (χ4n) is 5.03. The Kier molecular flexibility index (Phi) is 7.15. The molecule has 1 atom stereocenters. The van der Waals surface area contributed by atoms with E-state index < -0.39 is 5.41 Å². The second kappa shape index (κ2) is 10.7. The third kappa shape index (κ3) is 5.18. The first kappa shape index (κ1) is 24.8. The molecule has 1 saturated heterocycles. The van der Waals surface area contributed by atoms with E-state index >= 15 is 0 Å². The summed E-state index contributed by atoms with van der Waals surface area (Å²) in [7, 11) is 0. The van der Waals surface area contributed by atoms with Crippen LogP contribution in [0.1, 0.15) is 47.5 Å². The highest BCUT2D eigenvalue weighted by Crippen LogP contribution is 2.37. The third-order valence-electron chi connectivity index (χ3n) is 7.26. The number of rotatable bonds is 6. The number of likely N-dealkylation sites (tertiary alicyclic amines) is 1. The van der Waals surface area contributed by atoms with E-state index in [1.54, 1.807) is 29.2 Å². The number of nitrogens with zero attached hydrogens (tertiary/aromatic N) is 1. The maximum absolute atomic E-state index is 13.8. The first-order valence-corrected chi connectivity index (χ1v) is 12.9. The molecule has 0 bridgehead atoms. The third-order valence-corrected chi connectivity index (χ3v) is 7.51. The summed E-state index contributed by atoms with van der Waals surface area (Å²) in [5.41, 5.74) is 2.18. The molecule has 6 heteroatoms. The largest absolute Gasteiger partial charge is 0.451 e. The maximum Gasteiger partial charge on any atom is 0.289 e. The number of hydrogen-bond acceptors (Lipinski definition) is 3. The highest BCUT2D eigenvalue weighted by atomic mass is 35.5. The smallest absolute Gasteiger partial charge is 0.289 e. The average Bonchev–Trinajstić information content (AvgIpc) is 3.44. The molecule has 0 radical (unpaired) electrons. The SMILES string of the molecule is C[C@H](NC(=O)C1(c2ccccc2)CCN(C(=O)c2ccc(-c3ccc(Cl)cc3)o2)CC1)c1ccccc1. The van der Waals surface area contributed by atoms with Crippen molar-refractivity contribution in [1.29, 1.82) is 0 Å². The molecule has 1 aromatic heterocycles. The second-order valence-corrected chi connectivity index (χ2v) is 9.95. The summed E-state index contributed by atoms with van der Waals surface area (Å²) in [5, 5.41) is 3.88. The van der Waals surface area contributed by atoms with Gasteiger partial charge in [-0.2, -0.15) is 0 Å². The zero-order valence-corrected chi connectivity index (χ0v) is 21.4. The van der Waals surface area contributed by atoms with Crippen molar-refractivity contribution in [1.82, 2.24) is 10.2 Å². The van der Waals surface area contributed by atoms with Crippen LogP contribution in [0.3, 0.4) is 0 Å². The van der Waals surface area contributed by atoms with Gasteiger partial charge >= 0.3 is 0 Å². The van der Waals surface area contributed by atoms with Gasteiger partial charge in [0.15, 0.2) is 5.76 Å². The van der Waals surface area contributed by atoms with Crippen molar-refractivity contribution in [3.63, 3.8) is 0 Å². The molecule has 1 aliphatic heterocycles. The van der Waals surface area contributed by atoms with Crippen molar-refractivity contribution < 1.29 is 14.0 Å². The Morgan fingerprint density at radius 3 is 2.14 bits per heavy atom. The Balaban J connectivity index is 1.32. The number of benzene rings is 3. The Morgan fingerprint density at radius 1 is 0.865 bits per heavy atom. The van der Waals surface area contributed by atoms with Crippen molar-refractivity contribution in [2.45, 2.75) is 31.2 Å². The molecule has 3 aromatic carbocycles. The topological polar surface area (TPSA) is 62.6 Å². The number of amides is 2. The van der Waals surface area contributed by atoms with Crippen molar-refractivity contribution in [3.8, 4) is 11.3 Å². The molecular weight excluding hydrogens is 484 g/mol. The molecule has 2 amide bonds. The number of halogens is 1. The van der Waals surface area contributed by atoms with Crippen LogP contribution in [0.2, 0.25) is 5.02 Å². The maximum atomic E-state index is 13.8. The summed E-state index contributed by atoms with van der Waals surface area (Å²) >= 11 is 5.98. The molecule has 0 saturated carbocycles. The normalized spacial score (nSPS) is 15.7. The molecule has 0 spiro atoms. The van der Waals surface area contributed by atoms with E-state index in [2.05, 4.69) is 5.32 Å².